The van der Waals surface area contributed by atoms with E-state index in [9.17, 15) is 21.6 Å². The van der Waals surface area contributed by atoms with E-state index >= 15 is 0 Å². The van der Waals surface area contributed by atoms with Crippen molar-refractivity contribution in [2.24, 2.45) is 0 Å². The van der Waals surface area contributed by atoms with Gasteiger partial charge in [0, 0.05) is 0 Å². The number of benzene rings is 1. The first-order valence-electron chi connectivity index (χ1n) is 3.98. The molecule has 0 heterocycles. The summed E-state index contributed by atoms with van der Waals surface area (Å²) < 4.78 is 57.5. The SMILES string of the molecule is O=S(=O)([CH]C(F)(F)F)Cc1ccccc1. The van der Waals surface area contributed by atoms with E-state index in [-0.39, 0.29) is 0 Å². The zero-order valence-electron chi connectivity index (χ0n) is 7.53. The second-order valence-corrected chi connectivity index (χ2v) is 4.80. The summed E-state index contributed by atoms with van der Waals surface area (Å²) in [5.74, 6) is -1.21. The molecule has 1 rings (SSSR count). The second-order valence-electron chi connectivity index (χ2n) is 2.95. The van der Waals surface area contributed by atoms with Crippen LogP contribution in [0.15, 0.2) is 30.3 Å². The fourth-order valence-electron chi connectivity index (χ4n) is 1.05. The van der Waals surface area contributed by atoms with Crippen LogP contribution in [0, 0.1) is 5.75 Å². The lowest BCUT2D eigenvalue weighted by Crippen LogP contribution is -2.17. The molecule has 6 heteroatoms. The molecule has 0 N–H and O–H groups in total. The summed E-state index contributed by atoms with van der Waals surface area (Å²) in [6.45, 7) is 0. The molecule has 0 amide bonds. The number of rotatable bonds is 3. The lowest BCUT2D eigenvalue weighted by atomic mass is 10.2. The molecule has 2 nitrogen and oxygen atoms in total. The Hall–Kier alpha value is -1.04. The molecule has 15 heavy (non-hydrogen) atoms. The van der Waals surface area contributed by atoms with Crippen LogP contribution in [-0.4, -0.2) is 14.6 Å². The van der Waals surface area contributed by atoms with Gasteiger partial charge in [-0.15, -0.1) is 0 Å². The summed E-state index contributed by atoms with van der Waals surface area (Å²) in [5.41, 5.74) is 0.331. The van der Waals surface area contributed by atoms with Crippen LogP contribution in [0.4, 0.5) is 13.2 Å². The van der Waals surface area contributed by atoms with E-state index in [2.05, 4.69) is 0 Å². The Morgan fingerprint density at radius 2 is 1.67 bits per heavy atom. The average molecular weight is 237 g/mol. The first-order valence-corrected chi connectivity index (χ1v) is 5.69. The number of sulfone groups is 1. The van der Waals surface area contributed by atoms with Crippen LogP contribution in [-0.2, 0) is 15.6 Å². The Bertz CT molecular complexity index is 409. The topological polar surface area (TPSA) is 34.1 Å². The van der Waals surface area contributed by atoms with Gasteiger partial charge in [0.25, 0.3) is 0 Å². The van der Waals surface area contributed by atoms with Crippen LogP contribution in [0.25, 0.3) is 0 Å². The maximum absolute atomic E-state index is 11.8. The Balaban J connectivity index is 2.74. The van der Waals surface area contributed by atoms with Crippen molar-refractivity contribution in [3.63, 3.8) is 0 Å². The fraction of sp³-hybridized carbons (Fsp3) is 0.222. The van der Waals surface area contributed by atoms with E-state index in [1.54, 1.807) is 18.2 Å². The van der Waals surface area contributed by atoms with E-state index in [1.165, 1.54) is 12.1 Å². The van der Waals surface area contributed by atoms with Crippen LogP contribution in [0.5, 0.6) is 0 Å². The number of hydrogen-bond donors (Lipinski definition) is 0. The quantitative estimate of drug-likeness (QED) is 0.808. The van der Waals surface area contributed by atoms with Gasteiger partial charge in [0.05, 0.1) is 5.75 Å². The minimum Gasteiger partial charge on any atom is -0.228 e. The molecule has 0 atom stereocenters. The third-order valence-corrected chi connectivity index (χ3v) is 2.89. The highest BCUT2D eigenvalue weighted by Gasteiger charge is 2.35. The normalized spacial score (nSPS) is 12.7. The molecule has 83 valence electrons. The molecule has 0 bridgehead atoms. The van der Waals surface area contributed by atoms with E-state index in [0.29, 0.717) is 5.56 Å². The van der Waals surface area contributed by atoms with Crippen molar-refractivity contribution in [2.75, 3.05) is 0 Å². The third kappa shape index (κ3) is 4.83. The average Bonchev–Trinajstić information content (AvgIpc) is 1.99. The molecule has 0 aliphatic rings. The smallest absolute Gasteiger partial charge is 0.228 e. The van der Waals surface area contributed by atoms with Crippen LogP contribution in [0.1, 0.15) is 5.56 Å². The molecule has 0 aromatic heterocycles. The predicted octanol–water partition coefficient (Wildman–Crippen LogP) is 2.33. The summed E-state index contributed by atoms with van der Waals surface area (Å²) >= 11 is 0. The van der Waals surface area contributed by atoms with Gasteiger partial charge in [0.15, 0.2) is 15.6 Å². The number of alkyl halides is 3. The van der Waals surface area contributed by atoms with Crippen LogP contribution in [0.2, 0.25) is 0 Å². The van der Waals surface area contributed by atoms with Crippen LogP contribution >= 0.6 is 0 Å². The van der Waals surface area contributed by atoms with Gasteiger partial charge < -0.3 is 0 Å². The Labute approximate surface area is 85.6 Å². The fourth-order valence-corrected chi connectivity index (χ4v) is 2.20. The largest absolute Gasteiger partial charge is 0.407 e. The predicted molar refractivity (Wildman–Crippen MR) is 49.4 cm³/mol. The lowest BCUT2D eigenvalue weighted by Gasteiger charge is -2.06. The van der Waals surface area contributed by atoms with E-state index in [4.69, 9.17) is 0 Å². The van der Waals surface area contributed by atoms with Crippen molar-refractivity contribution in [1.82, 2.24) is 0 Å². The molecular weight excluding hydrogens is 229 g/mol. The van der Waals surface area contributed by atoms with E-state index in [0.717, 1.165) is 0 Å². The Kier molecular flexibility index (Phi) is 3.38. The number of hydrogen-bond acceptors (Lipinski definition) is 2. The summed E-state index contributed by atoms with van der Waals surface area (Å²) in [4.78, 5) is 0. The zero-order chi connectivity index (χ0) is 11.5. The molecule has 0 fully saturated rings. The molecule has 1 radical (unpaired) electrons. The highest BCUT2D eigenvalue weighted by molar-refractivity contribution is 7.92. The highest BCUT2D eigenvalue weighted by atomic mass is 32.2. The maximum Gasteiger partial charge on any atom is 0.407 e. The van der Waals surface area contributed by atoms with Gasteiger partial charge in [-0.3, -0.25) is 0 Å². The number of halogens is 3. The van der Waals surface area contributed by atoms with E-state index < -0.39 is 27.5 Å². The molecule has 0 unspecified atom stereocenters. The molecule has 1 aromatic rings. The molecule has 0 aliphatic heterocycles. The van der Waals surface area contributed by atoms with Gasteiger partial charge in [-0.25, -0.2) is 8.42 Å². The van der Waals surface area contributed by atoms with Crippen molar-refractivity contribution in [3.05, 3.63) is 41.6 Å². The van der Waals surface area contributed by atoms with Gasteiger partial charge >= 0.3 is 6.18 Å². The molecule has 0 saturated carbocycles. The van der Waals surface area contributed by atoms with Crippen molar-refractivity contribution < 1.29 is 21.6 Å². The van der Waals surface area contributed by atoms with Crippen molar-refractivity contribution >= 4 is 9.84 Å². The summed E-state index contributed by atoms with van der Waals surface area (Å²) in [5, 5.41) is 0. The molecular formula is C9H8F3O2S. The molecule has 0 aliphatic carbocycles. The van der Waals surface area contributed by atoms with E-state index in [1.807, 2.05) is 0 Å². The van der Waals surface area contributed by atoms with Crippen molar-refractivity contribution in [1.29, 1.82) is 0 Å². The summed E-state index contributed by atoms with van der Waals surface area (Å²) in [6.07, 6.45) is -4.80. The van der Waals surface area contributed by atoms with Crippen molar-refractivity contribution in [3.8, 4) is 0 Å². The van der Waals surface area contributed by atoms with Crippen LogP contribution < -0.4 is 0 Å². The molecule has 1 aromatic carbocycles. The second kappa shape index (κ2) is 4.22. The zero-order valence-corrected chi connectivity index (χ0v) is 8.35. The first-order chi connectivity index (χ1) is 6.79. The third-order valence-electron chi connectivity index (χ3n) is 1.52. The summed E-state index contributed by atoms with van der Waals surface area (Å²) in [6, 6.07) is 7.71. The summed E-state index contributed by atoms with van der Waals surface area (Å²) in [7, 11) is -4.24. The Morgan fingerprint density at radius 1 is 1.13 bits per heavy atom. The minimum atomic E-state index is -4.80. The minimum absolute atomic E-state index is 0.331. The van der Waals surface area contributed by atoms with Gasteiger partial charge in [0.1, 0.15) is 0 Å². The van der Waals surface area contributed by atoms with Gasteiger partial charge in [-0.2, -0.15) is 13.2 Å². The molecule has 0 spiro atoms. The van der Waals surface area contributed by atoms with Crippen molar-refractivity contribution in [2.45, 2.75) is 11.9 Å². The monoisotopic (exact) mass is 237 g/mol. The lowest BCUT2D eigenvalue weighted by molar-refractivity contribution is -0.0879. The van der Waals surface area contributed by atoms with Gasteiger partial charge in [-0.1, -0.05) is 30.3 Å². The van der Waals surface area contributed by atoms with Crippen LogP contribution in [0.3, 0.4) is 0 Å². The Morgan fingerprint density at radius 3 is 2.13 bits per heavy atom. The van der Waals surface area contributed by atoms with Gasteiger partial charge in [0.2, 0.25) is 0 Å². The molecule has 0 saturated heterocycles. The maximum atomic E-state index is 11.8. The standard InChI is InChI=1S/C9H8F3O2S/c10-9(11,12)7-15(13,14)6-8-4-2-1-3-5-8/h1-5,7H,6H2. The van der Waals surface area contributed by atoms with Gasteiger partial charge in [-0.05, 0) is 5.56 Å². The first kappa shape index (κ1) is 12.0. The highest BCUT2D eigenvalue weighted by Crippen LogP contribution is 2.24.